The number of carbonyl (C=O) groups is 1. The summed E-state index contributed by atoms with van der Waals surface area (Å²) in [6.45, 7) is 3.47. The number of ether oxygens (including phenoxy) is 1. The van der Waals surface area contributed by atoms with Crippen LogP contribution in [0.5, 0.6) is 5.75 Å². The molecule has 0 atom stereocenters. The van der Waals surface area contributed by atoms with E-state index in [4.69, 9.17) is 9.84 Å². The molecule has 0 aliphatic heterocycles. The lowest BCUT2D eigenvalue weighted by Crippen LogP contribution is -1.99. The molecule has 0 fully saturated rings. The van der Waals surface area contributed by atoms with Gasteiger partial charge in [-0.1, -0.05) is 6.07 Å². The third-order valence-corrected chi connectivity index (χ3v) is 3.11. The first-order valence-corrected chi connectivity index (χ1v) is 6.65. The SMILES string of the molecule is CCOc1cccc2c1ccn2CCCCC(=O)O. The molecule has 0 radical (unpaired) electrons. The number of carboxylic acid groups (broad SMARTS) is 1. The Morgan fingerprint density at radius 2 is 2.16 bits per heavy atom. The van der Waals surface area contributed by atoms with E-state index in [0.717, 1.165) is 29.6 Å². The number of benzene rings is 1. The Balaban J connectivity index is 2.08. The van der Waals surface area contributed by atoms with Crippen molar-refractivity contribution < 1.29 is 14.6 Å². The molecule has 0 bridgehead atoms. The second-order valence-electron chi connectivity index (χ2n) is 4.48. The van der Waals surface area contributed by atoms with Crippen LogP contribution in [0.25, 0.3) is 10.9 Å². The van der Waals surface area contributed by atoms with Gasteiger partial charge in [0.2, 0.25) is 0 Å². The molecule has 0 unspecified atom stereocenters. The highest BCUT2D eigenvalue weighted by atomic mass is 16.5. The lowest BCUT2D eigenvalue weighted by atomic mass is 10.2. The Hall–Kier alpha value is -1.97. The zero-order chi connectivity index (χ0) is 13.7. The maximum absolute atomic E-state index is 10.5. The summed E-state index contributed by atoms with van der Waals surface area (Å²) in [7, 11) is 0. The minimum atomic E-state index is -0.726. The number of hydrogen-bond donors (Lipinski definition) is 1. The lowest BCUT2D eigenvalue weighted by molar-refractivity contribution is -0.137. The fourth-order valence-electron chi connectivity index (χ4n) is 2.23. The van der Waals surface area contributed by atoms with Crippen LogP contribution in [0, 0.1) is 0 Å². The van der Waals surface area contributed by atoms with Crippen molar-refractivity contribution in [3.63, 3.8) is 0 Å². The maximum atomic E-state index is 10.5. The zero-order valence-electron chi connectivity index (χ0n) is 11.1. The van der Waals surface area contributed by atoms with Gasteiger partial charge in [-0.05, 0) is 38.0 Å². The number of carboxylic acids is 1. The van der Waals surface area contributed by atoms with Crippen LogP contribution in [-0.4, -0.2) is 22.2 Å². The van der Waals surface area contributed by atoms with Gasteiger partial charge in [0.05, 0.1) is 12.1 Å². The van der Waals surface area contributed by atoms with Crippen LogP contribution in [0.15, 0.2) is 30.5 Å². The Kier molecular flexibility index (Phi) is 4.44. The highest BCUT2D eigenvalue weighted by Crippen LogP contribution is 2.26. The topological polar surface area (TPSA) is 51.5 Å². The van der Waals surface area contributed by atoms with Crippen molar-refractivity contribution in [1.82, 2.24) is 4.57 Å². The number of nitrogens with zero attached hydrogens (tertiary/aromatic N) is 1. The number of hydrogen-bond acceptors (Lipinski definition) is 2. The van der Waals surface area contributed by atoms with Crippen LogP contribution in [0.4, 0.5) is 0 Å². The number of aryl methyl sites for hydroxylation is 1. The Labute approximate surface area is 112 Å². The highest BCUT2D eigenvalue weighted by Gasteiger charge is 2.06. The van der Waals surface area contributed by atoms with Crippen molar-refractivity contribution in [2.24, 2.45) is 0 Å². The smallest absolute Gasteiger partial charge is 0.303 e. The molecule has 102 valence electrons. The van der Waals surface area contributed by atoms with Gasteiger partial charge in [-0.3, -0.25) is 4.79 Å². The van der Waals surface area contributed by atoms with E-state index in [1.54, 1.807) is 0 Å². The van der Waals surface area contributed by atoms with E-state index in [1.165, 1.54) is 0 Å². The third-order valence-electron chi connectivity index (χ3n) is 3.11. The molecule has 1 aromatic heterocycles. The molecular weight excluding hydrogens is 242 g/mol. The fraction of sp³-hybridized carbons (Fsp3) is 0.400. The molecule has 0 amide bonds. The van der Waals surface area contributed by atoms with E-state index >= 15 is 0 Å². The van der Waals surface area contributed by atoms with Crippen LogP contribution >= 0.6 is 0 Å². The largest absolute Gasteiger partial charge is 0.493 e. The van der Waals surface area contributed by atoms with E-state index in [1.807, 2.05) is 25.3 Å². The predicted octanol–water partition coefficient (Wildman–Crippen LogP) is 3.29. The number of aromatic nitrogens is 1. The summed E-state index contributed by atoms with van der Waals surface area (Å²) in [6.07, 6.45) is 3.85. The predicted molar refractivity (Wildman–Crippen MR) is 74.6 cm³/mol. The molecule has 2 rings (SSSR count). The van der Waals surface area contributed by atoms with Crippen LogP contribution in [-0.2, 0) is 11.3 Å². The van der Waals surface area contributed by atoms with E-state index in [-0.39, 0.29) is 6.42 Å². The molecule has 1 heterocycles. The minimum Gasteiger partial charge on any atom is -0.493 e. The monoisotopic (exact) mass is 261 g/mol. The van der Waals surface area contributed by atoms with Gasteiger partial charge < -0.3 is 14.4 Å². The molecule has 4 heteroatoms. The third kappa shape index (κ3) is 3.28. The first-order valence-electron chi connectivity index (χ1n) is 6.65. The van der Waals surface area contributed by atoms with Crippen molar-refractivity contribution in [1.29, 1.82) is 0 Å². The van der Waals surface area contributed by atoms with Crippen molar-refractivity contribution in [2.75, 3.05) is 6.61 Å². The summed E-state index contributed by atoms with van der Waals surface area (Å²) in [5.41, 5.74) is 1.14. The van der Waals surface area contributed by atoms with Crippen molar-refractivity contribution in [3.05, 3.63) is 30.5 Å². The van der Waals surface area contributed by atoms with Crippen LogP contribution in [0.1, 0.15) is 26.2 Å². The first-order chi connectivity index (χ1) is 9.22. The second-order valence-corrected chi connectivity index (χ2v) is 4.48. The normalized spacial score (nSPS) is 10.8. The van der Waals surface area contributed by atoms with Crippen molar-refractivity contribution >= 4 is 16.9 Å². The van der Waals surface area contributed by atoms with Gasteiger partial charge in [0.15, 0.2) is 0 Å². The van der Waals surface area contributed by atoms with Gasteiger partial charge in [0.1, 0.15) is 5.75 Å². The van der Waals surface area contributed by atoms with E-state index < -0.39 is 5.97 Å². The van der Waals surface area contributed by atoms with Gasteiger partial charge in [-0.2, -0.15) is 0 Å². The standard InChI is InChI=1S/C15H19NO3/c1-2-19-14-7-5-6-13-12(14)9-11-16(13)10-4-3-8-15(17)18/h5-7,9,11H,2-4,8,10H2,1H3,(H,17,18). The quantitative estimate of drug-likeness (QED) is 0.778. The molecule has 19 heavy (non-hydrogen) atoms. The first kappa shape index (κ1) is 13.5. The maximum Gasteiger partial charge on any atom is 0.303 e. The molecule has 1 aromatic carbocycles. The number of aliphatic carboxylic acids is 1. The summed E-state index contributed by atoms with van der Waals surface area (Å²) in [5, 5.41) is 9.73. The summed E-state index contributed by atoms with van der Waals surface area (Å²) in [5.74, 6) is 0.181. The van der Waals surface area contributed by atoms with Gasteiger partial charge in [0, 0.05) is 24.5 Å². The van der Waals surface area contributed by atoms with Gasteiger partial charge in [0.25, 0.3) is 0 Å². The molecule has 2 aromatic rings. The lowest BCUT2D eigenvalue weighted by Gasteiger charge is -2.07. The molecule has 0 aliphatic rings. The van der Waals surface area contributed by atoms with Crippen LogP contribution < -0.4 is 4.74 Å². The molecule has 0 saturated carbocycles. The van der Waals surface area contributed by atoms with E-state index in [0.29, 0.717) is 13.0 Å². The summed E-state index contributed by atoms with van der Waals surface area (Å²) in [4.78, 5) is 10.5. The molecule has 0 spiro atoms. The molecular formula is C15H19NO3. The summed E-state index contributed by atoms with van der Waals surface area (Å²) >= 11 is 0. The number of fused-ring (bicyclic) bond motifs is 1. The number of rotatable bonds is 7. The van der Waals surface area contributed by atoms with Gasteiger partial charge in [-0.15, -0.1) is 0 Å². The fourth-order valence-corrected chi connectivity index (χ4v) is 2.23. The van der Waals surface area contributed by atoms with Crippen LogP contribution in [0.3, 0.4) is 0 Å². The molecule has 0 aliphatic carbocycles. The summed E-state index contributed by atoms with van der Waals surface area (Å²) < 4.78 is 7.75. The minimum absolute atomic E-state index is 0.239. The molecule has 0 saturated heterocycles. The molecule has 4 nitrogen and oxygen atoms in total. The van der Waals surface area contributed by atoms with Crippen LogP contribution in [0.2, 0.25) is 0 Å². The Morgan fingerprint density at radius 3 is 2.89 bits per heavy atom. The Bertz CT molecular complexity index is 560. The van der Waals surface area contributed by atoms with Crippen molar-refractivity contribution in [2.45, 2.75) is 32.7 Å². The summed E-state index contributed by atoms with van der Waals surface area (Å²) in [6, 6.07) is 8.08. The van der Waals surface area contributed by atoms with E-state index in [9.17, 15) is 4.79 Å². The van der Waals surface area contributed by atoms with Crippen molar-refractivity contribution in [3.8, 4) is 5.75 Å². The van der Waals surface area contributed by atoms with Gasteiger partial charge >= 0.3 is 5.97 Å². The Morgan fingerprint density at radius 1 is 1.32 bits per heavy atom. The van der Waals surface area contributed by atoms with E-state index in [2.05, 4.69) is 16.7 Å². The molecule has 1 N–H and O–H groups in total. The van der Waals surface area contributed by atoms with Gasteiger partial charge in [-0.25, -0.2) is 0 Å². The zero-order valence-corrected chi connectivity index (χ0v) is 11.1. The second kappa shape index (κ2) is 6.27. The highest BCUT2D eigenvalue weighted by molar-refractivity contribution is 5.86. The average Bonchev–Trinajstić information content (AvgIpc) is 2.79. The average molecular weight is 261 g/mol. The number of unbranched alkanes of at least 4 members (excludes halogenated alkanes) is 1.